The summed E-state index contributed by atoms with van der Waals surface area (Å²) in [5.41, 5.74) is 12.1. The molecule has 1 aliphatic carbocycles. The lowest BCUT2D eigenvalue weighted by molar-refractivity contribution is 0.685. The molecular weight excluding hydrogens is 170 g/mol. The number of nitrogens with two attached hydrogens (primary N) is 1. The summed E-state index contributed by atoms with van der Waals surface area (Å²) in [6.07, 6.45) is 4.83. The van der Waals surface area contributed by atoms with Crippen molar-refractivity contribution in [2.24, 2.45) is 5.73 Å². The SMILES string of the molecule is CC[C@H](N)c1c(C)ccc2c1CCC2. The second-order valence-electron chi connectivity index (χ2n) is 4.30. The molecule has 0 amide bonds. The molecule has 0 aromatic heterocycles. The maximum Gasteiger partial charge on any atom is 0.0297 e. The first-order valence-corrected chi connectivity index (χ1v) is 5.61. The van der Waals surface area contributed by atoms with Gasteiger partial charge < -0.3 is 5.73 Å². The van der Waals surface area contributed by atoms with E-state index < -0.39 is 0 Å². The summed E-state index contributed by atoms with van der Waals surface area (Å²) in [6, 6.07) is 4.75. The maximum absolute atomic E-state index is 6.17. The smallest absolute Gasteiger partial charge is 0.0297 e. The Morgan fingerprint density at radius 3 is 2.86 bits per heavy atom. The number of fused-ring (bicyclic) bond motifs is 1. The number of benzene rings is 1. The van der Waals surface area contributed by atoms with Crippen LogP contribution in [0.4, 0.5) is 0 Å². The summed E-state index contributed by atoms with van der Waals surface area (Å²) in [7, 11) is 0. The number of rotatable bonds is 2. The molecule has 0 radical (unpaired) electrons. The Hall–Kier alpha value is -0.820. The van der Waals surface area contributed by atoms with Gasteiger partial charge in [-0.3, -0.25) is 0 Å². The van der Waals surface area contributed by atoms with E-state index in [0.29, 0.717) is 0 Å². The summed E-state index contributed by atoms with van der Waals surface area (Å²) in [5.74, 6) is 0. The van der Waals surface area contributed by atoms with Gasteiger partial charge in [-0.25, -0.2) is 0 Å². The first kappa shape index (κ1) is 9.72. The van der Waals surface area contributed by atoms with Crippen LogP contribution < -0.4 is 5.73 Å². The zero-order valence-electron chi connectivity index (χ0n) is 9.14. The van der Waals surface area contributed by atoms with E-state index in [2.05, 4.69) is 26.0 Å². The average molecular weight is 189 g/mol. The van der Waals surface area contributed by atoms with Crippen LogP contribution in [-0.4, -0.2) is 0 Å². The molecule has 14 heavy (non-hydrogen) atoms. The van der Waals surface area contributed by atoms with Crippen molar-refractivity contribution in [2.75, 3.05) is 0 Å². The van der Waals surface area contributed by atoms with Crippen molar-refractivity contribution >= 4 is 0 Å². The Morgan fingerprint density at radius 2 is 2.14 bits per heavy atom. The van der Waals surface area contributed by atoms with Crippen LogP contribution in [0.1, 0.15) is 48.1 Å². The van der Waals surface area contributed by atoms with Crippen LogP contribution in [0, 0.1) is 6.92 Å². The number of hydrogen-bond acceptors (Lipinski definition) is 1. The van der Waals surface area contributed by atoms with Gasteiger partial charge in [0.1, 0.15) is 0 Å². The van der Waals surface area contributed by atoms with Gasteiger partial charge in [-0.05, 0) is 54.9 Å². The van der Waals surface area contributed by atoms with Crippen molar-refractivity contribution in [1.29, 1.82) is 0 Å². The molecule has 1 atom stereocenters. The molecule has 0 spiro atoms. The molecule has 0 fully saturated rings. The molecule has 1 aromatic carbocycles. The molecule has 0 aliphatic heterocycles. The topological polar surface area (TPSA) is 26.0 Å². The second kappa shape index (κ2) is 3.74. The quantitative estimate of drug-likeness (QED) is 0.760. The molecular formula is C13H19N. The Labute approximate surface area is 86.3 Å². The Morgan fingerprint density at radius 1 is 1.36 bits per heavy atom. The van der Waals surface area contributed by atoms with E-state index in [9.17, 15) is 0 Å². The molecule has 0 heterocycles. The molecule has 1 aromatic rings. The highest BCUT2D eigenvalue weighted by molar-refractivity contribution is 5.44. The normalized spacial score (nSPS) is 16.8. The lowest BCUT2D eigenvalue weighted by atomic mass is 9.92. The second-order valence-corrected chi connectivity index (χ2v) is 4.30. The predicted molar refractivity (Wildman–Crippen MR) is 60.4 cm³/mol. The van der Waals surface area contributed by atoms with Crippen molar-refractivity contribution in [3.05, 3.63) is 34.4 Å². The third-order valence-electron chi connectivity index (χ3n) is 3.36. The highest BCUT2D eigenvalue weighted by Gasteiger charge is 2.19. The summed E-state index contributed by atoms with van der Waals surface area (Å²) in [4.78, 5) is 0. The van der Waals surface area contributed by atoms with Gasteiger partial charge in [-0.1, -0.05) is 19.1 Å². The van der Waals surface area contributed by atoms with Crippen LogP contribution in [-0.2, 0) is 12.8 Å². The molecule has 1 heteroatoms. The highest BCUT2D eigenvalue weighted by atomic mass is 14.6. The molecule has 0 bridgehead atoms. The molecule has 2 N–H and O–H groups in total. The van der Waals surface area contributed by atoms with Crippen LogP contribution in [0.3, 0.4) is 0 Å². The third-order valence-corrected chi connectivity index (χ3v) is 3.36. The van der Waals surface area contributed by atoms with Crippen molar-refractivity contribution in [3.63, 3.8) is 0 Å². The van der Waals surface area contributed by atoms with Crippen molar-refractivity contribution in [3.8, 4) is 0 Å². The van der Waals surface area contributed by atoms with E-state index in [1.165, 1.54) is 36.0 Å². The van der Waals surface area contributed by atoms with Gasteiger partial charge in [0, 0.05) is 6.04 Å². The molecule has 0 saturated carbocycles. The average Bonchev–Trinajstić information content (AvgIpc) is 2.64. The fourth-order valence-electron chi connectivity index (χ4n) is 2.53. The van der Waals surface area contributed by atoms with Gasteiger partial charge in [0.25, 0.3) is 0 Å². The van der Waals surface area contributed by atoms with Crippen molar-refractivity contribution < 1.29 is 0 Å². The van der Waals surface area contributed by atoms with Crippen LogP contribution in [0.2, 0.25) is 0 Å². The molecule has 0 unspecified atom stereocenters. The summed E-state index contributed by atoms with van der Waals surface area (Å²) in [5, 5.41) is 0. The van der Waals surface area contributed by atoms with Gasteiger partial charge in [0.2, 0.25) is 0 Å². The molecule has 2 rings (SSSR count). The zero-order chi connectivity index (χ0) is 10.1. The minimum Gasteiger partial charge on any atom is -0.324 e. The molecule has 0 saturated heterocycles. The van der Waals surface area contributed by atoms with Crippen molar-refractivity contribution in [2.45, 2.75) is 45.6 Å². The van der Waals surface area contributed by atoms with Gasteiger partial charge in [-0.2, -0.15) is 0 Å². The maximum atomic E-state index is 6.17. The van der Waals surface area contributed by atoms with Crippen LogP contribution in [0.25, 0.3) is 0 Å². The van der Waals surface area contributed by atoms with E-state index in [1.807, 2.05) is 0 Å². The molecule has 76 valence electrons. The Kier molecular flexibility index (Phi) is 2.60. The lowest BCUT2D eigenvalue weighted by Crippen LogP contribution is -2.13. The lowest BCUT2D eigenvalue weighted by Gasteiger charge is -2.17. The summed E-state index contributed by atoms with van der Waals surface area (Å²) >= 11 is 0. The Balaban J connectivity index is 2.51. The highest BCUT2D eigenvalue weighted by Crippen LogP contribution is 2.31. The minimum absolute atomic E-state index is 0.239. The summed E-state index contributed by atoms with van der Waals surface area (Å²) < 4.78 is 0. The van der Waals surface area contributed by atoms with Gasteiger partial charge in [0.05, 0.1) is 0 Å². The van der Waals surface area contributed by atoms with Gasteiger partial charge in [-0.15, -0.1) is 0 Å². The number of aryl methyl sites for hydroxylation is 2. The fourth-order valence-corrected chi connectivity index (χ4v) is 2.53. The standard InChI is InChI=1S/C13H19N/c1-3-12(14)13-9(2)7-8-10-5-4-6-11(10)13/h7-8,12H,3-6,14H2,1-2H3/t12-/m0/s1. The van der Waals surface area contributed by atoms with Gasteiger partial charge in [0.15, 0.2) is 0 Å². The first-order chi connectivity index (χ1) is 6.74. The monoisotopic (exact) mass is 189 g/mol. The number of hydrogen-bond donors (Lipinski definition) is 1. The van der Waals surface area contributed by atoms with E-state index >= 15 is 0 Å². The summed E-state index contributed by atoms with van der Waals surface area (Å²) in [6.45, 7) is 4.35. The van der Waals surface area contributed by atoms with Crippen LogP contribution >= 0.6 is 0 Å². The van der Waals surface area contributed by atoms with E-state index in [4.69, 9.17) is 5.73 Å². The Bertz CT molecular complexity index is 341. The van der Waals surface area contributed by atoms with E-state index in [0.717, 1.165) is 6.42 Å². The first-order valence-electron chi connectivity index (χ1n) is 5.61. The molecule has 1 aliphatic rings. The molecule has 1 nitrogen and oxygen atoms in total. The minimum atomic E-state index is 0.239. The third kappa shape index (κ3) is 1.46. The van der Waals surface area contributed by atoms with Crippen molar-refractivity contribution in [1.82, 2.24) is 0 Å². The van der Waals surface area contributed by atoms with E-state index in [1.54, 1.807) is 5.56 Å². The zero-order valence-corrected chi connectivity index (χ0v) is 9.14. The van der Waals surface area contributed by atoms with Crippen LogP contribution in [0.15, 0.2) is 12.1 Å². The predicted octanol–water partition coefficient (Wildman–Crippen LogP) is 2.89. The van der Waals surface area contributed by atoms with Crippen LogP contribution in [0.5, 0.6) is 0 Å². The fraction of sp³-hybridized carbons (Fsp3) is 0.538. The van der Waals surface area contributed by atoms with Gasteiger partial charge >= 0.3 is 0 Å². The largest absolute Gasteiger partial charge is 0.324 e. The van der Waals surface area contributed by atoms with E-state index in [-0.39, 0.29) is 6.04 Å².